The number of anilines is 1. The van der Waals surface area contributed by atoms with Crippen molar-refractivity contribution in [2.24, 2.45) is 0 Å². The number of carbonyl (C=O) groups is 1. The van der Waals surface area contributed by atoms with Crippen molar-refractivity contribution >= 4 is 21.6 Å². The van der Waals surface area contributed by atoms with Crippen LogP contribution in [-0.2, 0) is 21.4 Å². The molecule has 5 nitrogen and oxygen atoms in total. The zero-order valence-corrected chi connectivity index (χ0v) is 14.0. The normalized spacial score (nSPS) is 11.4. The summed E-state index contributed by atoms with van der Waals surface area (Å²) in [5.41, 5.74) is 1.72. The highest BCUT2D eigenvalue weighted by Gasteiger charge is 2.21. The first kappa shape index (κ1) is 17.2. The number of carbonyl (C=O) groups excluding carboxylic acids is 1. The van der Waals surface area contributed by atoms with Crippen molar-refractivity contribution in [2.75, 3.05) is 24.7 Å². The van der Waals surface area contributed by atoms with Crippen molar-refractivity contribution in [1.82, 2.24) is 4.31 Å². The molecule has 0 saturated heterocycles. The van der Waals surface area contributed by atoms with Crippen LogP contribution in [0.3, 0.4) is 0 Å². The van der Waals surface area contributed by atoms with E-state index in [-0.39, 0.29) is 12.5 Å². The first-order valence-electron chi connectivity index (χ1n) is 7.18. The molecule has 0 atom stereocenters. The highest BCUT2D eigenvalue weighted by atomic mass is 32.2. The van der Waals surface area contributed by atoms with Crippen LogP contribution in [-0.4, -0.2) is 38.5 Å². The van der Waals surface area contributed by atoms with Crippen molar-refractivity contribution in [1.29, 1.82) is 0 Å². The van der Waals surface area contributed by atoms with E-state index >= 15 is 0 Å². The van der Waals surface area contributed by atoms with Crippen LogP contribution in [0.2, 0.25) is 0 Å². The lowest BCUT2D eigenvalue weighted by molar-refractivity contribution is -0.118. The summed E-state index contributed by atoms with van der Waals surface area (Å²) in [6, 6.07) is 18.8. The Labute approximate surface area is 137 Å². The zero-order valence-electron chi connectivity index (χ0n) is 13.2. The van der Waals surface area contributed by atoms with Gasteiger partial charge in [0.2, 0.25) is 15.9 Å². The SMILES string of the molecule is CN(CC(=O)N(Cc1ccccc1)c1ccccc1)S(C)(=O)=O. The molecule has 0 aliphatic rings. The summed E-state index contributed by atoms with van der Waals surface area (Å²) in [6.45, 7) is 0.196. The molecule has 122 valence electrons. The molecule has 1 amide bonds. The van der Waals surface area contributed by atoms with E-state index < -0.39 is 10.0 Å². The summed E-state index contributed by atoms with van der Waals surface area (Å²) in [4.78, 5) is 14.2. The quantitative estimate of drug-likeness (QED) is 0.814. The minimum Gasteiger partial charge on any atom is -0.307 e. The van der Waals surface area contributed by atoms with E-state index in [1.807, 2.05) is 60.7 Å². The van der Waals surface area contributed by atoms with Gasteiger partial charge in [-0.25, -0.2) is 8.42 Å². The molecular weight excluding hydrogens is 312 g/mol. The molecule has 0 N–H and O–H groups in total. The number of likely N-dealkylation sites (N-methyl/N-ethyl adjacent to an activating group) is 1. The smallest absolute Gasteiger partial charge is 0.242 e. The van der Waals surface area contributed by atoms with E-state index in [4.69, 9.17) is 0 Å². The summed E-state index contributed by atoms with van der Waals surface area (Å²) in [6.07, 6.45) is 1.09. The number of benzene rings is 2. The van der Waals surface area contributed by atoms with Gasteiger partial charge >= 0.3 is 0 Å². The van der Waals surface area contributed by atoms with E-state index in [1.165, 1.54) is 7.05 Å². The molecule has 2 aromatic carbocycles. The first-order chi connectivity index (χ1) is 10.9. The van der Waals surface area contributed by atoms with Gasteiger partial charge in [-0.1, -0.05) is 48.5 Å². The minimum atomic E-state index is -3.40. The van der Waals surface area contributed by atoms with Gasteiger partial charge in [0.05, 0.1) is 19.3 Å². The van der Waals surface area contributed by atoms with E-state index in [1.54, 1.807) is 4.90 Å². The maximum Gasteiger partial charge on any atom is 0.242 e. The van der Waals surface area contributed by atoms with Gasteiger partial charge in [-0.3, -0.25) is 4.79 Å². The van der Waals surface area contributed by atoms with Crippen molar-refractivity contribution in [2.45, 2.75) is 6.54 Å². The Morgan fingerprint density at radius 3 is 2.00 bits per heavy atom. The van der Waals surface area contributed by atoms with Crippen LogP contribution in [0.25, 0.3) is 0 Å². The number of hydrogen-bond acceptors (Lipinski definition) is 3. The molecule has 23 heavy (non-hydrogen) atoms. The molecule has 0 spiro atoms. The summed E-state index contributed by atoms with van der Waals surface area (Å²) < 4.78 is 24.1. The molecule has 0 saturated carbocycles. The predicted octanol–water partition coefficient (Wildman–Crippen LogP) is 2.11. The fourth-order valence-electron chi connectivity index (χ4n) is 2.09. The van der Waals surface area contributed by atoms with Gasteiger partial charge < -0.3 is 4.90 Å². The topological polar surface area (TPSA) is 57.7 Å². The van der Waals surface area contributed by atoms with Crippen molar-refractivity contribution < 1.29 is 13.2 Å². The van der Waals surface area contributed by atoms with Crippen LogP contribution in [0.15, 0.2) is 60.7 Å². The molecule has 2 aromatic rings. The Bertz CT molecular complexity index is 746. The Kier molecular flexibility index (Phi) is 5.52. The average molecular weight is 332 g/mol. The Morgan fingerprint density at radius 1 is 0.957 bits per heavy atom. The summed E-state index contributed by atoms with van der Waals surface area (Å²) in [7, 11) is -2.00. The summed E-state index contributed by atoms with van der Waals surface area (Å²) in [5, 5.41) is 0. The standard InChI is InChI=1S/C17H20N2O3S/c1-18(23(2,21)22)14-17(20)19(16-11-7-4-8-12-16)13-15-9-5-3-6-10-15/h3-12H,13-14H2,1-2H3. The lowest BCUT2D eigenvalue weighted by Gasteiger charge is -2.25. The van der Waals surface area contributed by atoms with E-state index in [2.05, 4.69) is 0 Å². The second kappa shape index (κ2) is 7.39. The first-order valence-corrected chi connectivity index (χ1v) is 9.03. The van der Waals surface area contributed by atoms with Crippen molar-refractivity contribution in [3.8, 4) is 0 Å². The molecule has 0 unspecified atom stereocenters. The Morgan fingerprint density at radius 2 is 1.48 bits per heavy atom. The molecule has 0 radical (unpaired) electrons. The molecule has 0 heterocycles. The molecule has 0 aromatic heterocycles. The molecule has 6 heteroatoms. The van der Waals surface area contributed by atoms with Gasteiger partial charge in [-0.15, -0.1) is 0 Å². The lowest BCUT2D eigenvalue weighted by Crippen LogP contribution is -2.40. The monoisotopic (exact) mass is 332 g/mol. The highest BCUT2D eigenvalue weighted by molar-refractivity contribution is 7.88. The van der Waals surface area contributed by atoms with Gasteiger partial charge in [-0.2, -0.15) is 4.31 Å². The molecule has 0 fully saturated rings. The fourth-order valence-corrected chi connectivity index (χ4v) is 2.44. The molecule has 0 bridgehead atoms. The van der Waals surface area contributed by atoms with Crippen LogP contribution in [0, 0.1) is 0 Å². The largest absolute Gasteiger partial charge is 0.307 e. The molecular formula is C17H20N2O3S. The fraction of sp³-hybridized carbons (Fsp3) is 0.235. The van der Waals surface area contributed by atoms with Crippen LogP contribution in [0.4, 0.5) is 5.69 Å². The van der Waals surface area contributed by atoms with Gasteiger partial charge in [0, 0.05) is 12.7 Å². The zero-order chi connectivity index (χ0) is 16.9. The Hall–Kier alpha value is -2.18. The number of hydrogen-bond donors (Lipinski definition) is 0. The van der Waals surface area contributed by atoms with Crippen LogP contribution < -0.4 is 4.90 Å². The number of rotatable bonds is 6. The van der Waals surface area contributed by atoms with Gasteiger partial charge in [-0.05, 0) is 17.7 Å². The number of sulfonamides is 1. The number of nitrogens with zero attached hydrogens (tertiary/aromatic N) is 2. The molecule has 0 aliphatic carbocycles. The third-order valence-corrected chi connectivity index (χ3v) is 4.74. The second-order valence-corrected chi connectivity index (χ2v) is 7.41. The van der Waals surface area contributed by atoms with Gasteiger partial charge in [0.15, 0.2) is 0 Å². The van der Waals surface area contributed by atoms with E-state index in [9.17, 15) is 13.2 Å². The molecule has 2 rings (SSSR count). The number of amides is 1. The third-order valence-electron chi connectivity index (χ3n) is 3.48. The van der Waals surface area contributed by atoms with Crippen LogP contribution in [0.5, 0.6) is 0 Å². The number of para-hydroxylation sites is 1. The maximum absolute atomic E-state index is 12.6. The van der Waals surface area contributed by atoms with E-state index in [0.717, 1.165) is 21.8 Å². The highest BCUT2D eigenvalue weighted by Crippen LogP contribution is 2.17. The van der Waals surface area contributed by atoms with Crippen molar-refractivity contribution in [3.05, 3.63) is 66.2 Å². The van der Waals surface area contributed by atoms with E-state index in [0.29, 0.717) is 6.54 Å². The van der Waals surface area contributed by atoms with Crippen molar-refractivity contribution in [3.63, 3.8) is 0 Å². The van der Waals surface area contributed by atoms with Gasteiger partial charge in [0.25, 0.3) is 0 Å². The maximum atomic E-state index is 12.6. The van der Waals surface area contributed by atoms with Gasteiger partial charge in [0.1, 0.15) is 0 Å². The summed E-state index contributed by atoms with van der Waals surface area (Å²) >= 11 is 0. The van der Waals surface area contributed by atoms with Crippen LogP contribution in [0.1, 0.15) is 5.56 Å². The lowest BCUT2D eigenvalue weighted by atomic mass is 10.2. The third kappa shape index (κ3) is 4.91. The minimum absolute atomic E-state index is 0.194. The average Bonchev–Trinajstić information content (AvgIpc) is 2.53. The summed E-state index contributed by atoms with van der Waals surface area (Å²) in [5.74, 6) is -0.270. The second-order valence-electron chi connectivity index (χ2n) is 5.32. The molecule has 0 aliphatic heterocycles. The van der Waals surface area contributed by atoms with Crippen LogP contribution >= 0.6 is 0 Å². The predicted molar refractivity (Wildman–Crippen MR) is 91.5 cm³/mol. The Balaban J connectivity index is 2.25.